The van der Waals surface area contributed by atoms with Gasteiger partial charge >= 0.3 is 0 Å². The zero-order chi connectivity index (χ0) is 15.1. The number of thioether (sulfide) groups is 1. The number of benzene rings is 1. The van der Waals surface area contributed by atoms with E-state index < -0.39 is 0 Å². The van der Waals surface area contributed by atoms with Crippen molar-refractivity contribution in [1.29, 1.82) is 0 Å². The summed E-state index contributed by atoms with van der Waals surface area (Å²) in [6, 6.07) is 9.47. The van der Waals surface area contributed by atoms with E-state index >= 15 is 0 Å². The SMILES string of the molecule is CN(CC(=O)Nc1ccccc1)C(=O)CC1CSCCN1. The van der Waals surface area contributed by atoms with E-state index in [1.165, 1.54) is 4.90 Å². The van der Waals surface area contributed by atoms with Gasteiger partial charge in [-0.15, -0.1) is 0 Å². The van der Waals surface area contributed by atoms with Crippen LogP contribution >= 0.6 is 11.8 Å². The highest BCUT2D eigenvalue weighted by Crippen LogP contribution is 2.11. The molecule has 0 radical (unpaired) electrons. The molecular weight excluding hydrogens is 286 g/mol. The molecule has 1 aromatic carbocycles. The molecule has 6 heteroatoms. The van der Waals surface area contributed by atoms with Crippen LogP contribution in [0.2, 0.25) is 0 Å². The van der Waals surface area contributed by atoms with Gasteiger partial charge in [-0.2, -0.15) is 11.8 Å². The van der Waals surface area contributed by atoms with Crippen LogP contribution in [0.25, 0.3) is 0 Å². The lowest BCUT2D eigenvalue weighted by Crippen LogP contribution is -2.43. The fourth-order valence-corrected chi connectivity index (χ4v) is 3.09. The summed E-state index contributed by atoms with van der Waals surface area (Å²) >= 11 is 1.86. The highest BCUT2D eigenvalue weighted by Gasteiger charge is 2.20. The molecule has 1 aliphatic rings. The monoisotopic (exact) mass is 307 g/mol. The number of rotatable bonds is 5. The lowest BCUT2D eigenvalue weighted by atomic mass is 10.2. The molecule has 0 aliphatic carbocycles. The van der Waals surface area contributed by atoms with Gasteiger partial charge in [0.05, 0.1) is 6.54 Å². The quantitative estimate of drug-likeness (QED) is 0.857. The number of para-hydroxylation sites is 1. The minimum Gasteiger partial charge on any atom is -0.336 e. The molecule has 5 nitrogen and oxygen atoms in total. The van der Waals surface area contributed by atoms with E-state index in [4.69, 9.17) is 0 Å². The molecule has 1 aliphatic heterocycles. The van der Waals surface area contributed by atoms with Gasteiger partial charge in [-0.3, -0.25) is 9.59 Å². The second-order valence-corrected chi connectivity index (χ2v) is 6.24. The van der Waals surface area contributed by atoms with Gasteiger partial charge in [0.2, 0.25) is 11.8 Å². The Balaban J connectivity index is 1.75. The summed E-state index contributed by atoms with van der Waals surface area (Å²) in [5.41, 5.74) is 0.744. The molecule has 2 rings (SSSR count). The fraction of sp³-hybridized carbons (Fsp3) is 0.467. The predicted octanol–water partition coefficient (Wildman–Crippen LogP) is 1.18. The van der Waals surface area contributed by atoms with E-state index in [0.29, 0.717) is 6.42 Å². The van der Waals surface area contributed by atoms with Crippen molar-refractivity contribution >= 4 is 29.3 Å². The Bertz CT molecular complexity index is 475. The first-order valence-corrected chi connectivity index (χ1v) is 8.20. The molecule has 2 N–H and O–H groups in total. The van der Waals surface area contributed by atoms with Gasteiger partial charge in [-0.25, -0.2) is 0 Å². The normalized spacial score (nSPS) is 18.0. The number of nitrogens with zero attached hydrogens (tertiary/aromatic N) is 1. The van der Waals surface area contributed by atoms with Crippen LogP contribution in [0.1, 0.15) is 6.42 Å². The summed E-state index contributed by atoms with van der Waals surface area (Å²) in [7, 11) is 1.67. The van der Waals surface area contributed by atoms with Crippen molar-refractivity contribution in [3.63, 3.8) is 0 Å². The van der Waals surface area contributed by atoms with Crippen LogP contribution in [0.4, 0.5) is 5.69 Å². The summed E-state index contributed by atoms with van der Waals surface area (Å²) in [5.74, 6) is 1.87. The molecule has 0 bridgehead atoms. The Morgan fingerprint density at radius 1 is 1.38 bits per heavy atom. The van der Waals surface area contributed by atoms with Crippen molar-refractivity contribution in [3.8, 4) is 0 Å². The van der Waals surface area contributed by atoms with Gasteiger partial charge in [0.15, 0.2) is 0 Å². The van der Waals surface area contributed by atoms with Crippen molar-refractivity contribution in [2.45, 2.75) is 12.5 Å². The molecule has 1 atom stereocenters. The standard InChI is InChI=1S/C15H21N3O2S/c1-18(15(20)9-13-11-21-8-7-16-13)10-14(19)17-12-5-3-2-4-6-12/h2-6,13,16H,7-11H2,1H3,(H,17,19). The Kier molecular flexibility index (Phi) is 6.07. The number of nitrogens with one attached hydrogen (secondary N) is 2. The molecule has 0 spiro atoms. The second-order valence-electron chi connectivity index (χ2n) is 5.09. The number of carbonyl (C=O) groups is 2. The van der Waals surface area contributed by atoms with Crippen molar-refractivity contribution in [2.24, 2.45) is 0 Å². The Labute approximate surface area is 129 Å². The van der Waals surface area contributed by atoms with Crippen molar-refractivity contribution in [2.75, 3.05) is 37.0 Å². The van der Waals surface area contributed by atoms with Crippen LogP contribution in [0.15, 0.2) is 30.3 Å². The van der Waals surface area contributed by atoms with E-state index in [1.54, 1.807) is 7.05 Å². The maximum absolute atomic E-state index is 12.1. The minimum atomic E-state index is -0.178. The number of hydrogen-bond donors (Lipinski definition) is 2. The molecule has 1 saturated heterocycles. The summed E-state index contributed by atoms with van der Waals surface area (Å²) in [4.78, 5) is 25.5. The molecule has 0 saturated carbocycles. The maximum atomic E-state index is 12.1. The molecule has 0 aromatic heterocycles. The molecule has 1 fully saturated rings. The number of carbonyl (C=O) groups excluding carboxylic acids is 2. The number of likely N-dealkylation sites (N-methyl/N-ethyl adjacent to an activating group) is 1. The third-order valence-electron chi connectivity index (χ3n) is 3.28. The average Bonchev–Trinajstić information content (AvgIpc) is 2.49. The Morgan fingerprint density at radius 2 is 2.14 bits per heavy atom. The highest BCUT2D eigenvalue weighted by atomic mass is 32.2. The zero-order valence-corrected chi connectivity index (χ0v) is 13.0. The van der Waals surface area contributed by atoms with E-state index in [0.717, 1.165) is 23.7 Å². The van der Waals surface area contributed by atoms with Crippen LogP contribution in [-0.4, -0.2) is 54.4 Å². The van der Waals surface area contributed by atoms with Crippen LogP contribution in [0, 0.1) is 0 Å². The third kappa shape index (κ3) is 5.40. The van der Waals surface area contributed by atoms with E-state index in [1.807, 2.05) is 42.1 Å². The van der Waals surface area contributed by atoms with E-state index in [-0.39, 0.29) is 24.4 Å². The smallest absolute Gasteiger partial charge is 0.243 e. The molecular formula is C15H21N3O2S. The van der Waals surface area contributed by atoms with Gasteiger partial charge in [-0.1, -0.05) is 18.2 Å². The van der Waals surface area contributed by atoms with E-state index in [9.17, 15) is 9.59 Å². The Morgan fingerprint density at radius 3 is 2.81 bits per heavy atom. The van der Waals surface area contributed by atoms with Crippen LogP contribution in [-0.2, 0) is 9.59 Å². The van der Waals surface area contributed by atoms with Crippen LogP contribution < -0.4 is 10.6 Å². The second kappa shape index (κ2) is 8.05. The average molecular weight is 307 g/mol. The molecule has 2 amide bonds. The maximum Gasteiger partial charge on any atom is 0.243 e. The largest absolute Gasteiger partial charge is 0.336 e. The molecule has 1 aromatic rings. The number of amides is 2. The van der Waals surface area contributed by atoms with Crippen LogP contribution in [0.5, 0.6) is 0 Å². The van der Waals surface area contributed by atoms with Crippen molar-refractivity contribution in [1.82, 2.24) is 10.2 Å². The summed E-state index contributed by atoms with van der Waals surface area (Å²) in [5, 5.41) is 6.11. The van der Waals surface area contributed by atoms with Crippen molar-refractivity contribution < 1.29 is 9.59 Å². The lowest BCUT2D eigenvalue weighted by molar-refractivity contribution is -0.133. The zero-order valence-electron chi connectivity index (χ0n) is 12.2. The van der Waals surface area contributed by atoms with Gasteiger partial charge in [0, 0.05) is 43.2 Å². The first-order chi connectivity index (χ1) is 10.1. The first-order valence-electron chi connectivity index (χ1n) is 7.05. The molecule has 1 unspecified atom stereocenters. The van der Waals surface area contributed by atoms with Gasteiger partial charge in [-0.05, 0) is 12.1 Å². The van der Waals surface area contributed by atoms with E-state index in [2.05, 4.69) is 10.6 Å². The number of hydrogen-bond acceptors (Lipinski definition) is 4. The lowest BCUT2D eigenvalue weighted by Gasteiger charge is -2.25. The Hall–Kier alpha value is -1.53. The molecule has 114 valence electrons. The molecule has 1 heterocycles. The van der Waals surface area contributed by atoms with Crippen LogP contribution in [0.3, 0.4) is 0 Å². The van der Waals surface area contributed by atoms with Gasteiger partial charge in [0.25, 0.3) is 0 Å². The minimum absolute atomic E-state index is 0.00166. The fourth-order valence-electron chi connectivity index (χ4n) is 2.14. The van der Waals surface area contributed by atoms with Gasteiger partial charge < -0.3 is 15.5 Å². The third-order valence-corrected chi connectivity index (χ3v) is 4.41. The van der Waals surface area contributed by atoms with Crippen molar-refractivity contribution in [3.05, 3.63) is 30.3 Å². The number of anilines is 1. The summed E-state index contributed by atoms with van der Waals surface area (Å²) in [6.07, 6.45) is 0.447. The summed E-state index contributed by atoms with van der Waals surface area (Å²) < 4.78 is 0. The topological polar surface area (TPSA) is 61.4 Å². The first kappa shape index (κ1) is 15.9. The van der Waals surface area contributed by atoms with Gasteiger partial charge in [0.1, 0.15) is 0 Å². The summed E-state index contributed by atoms with van der Waals surface area (Å²) in [6.45, 7) is 1.02. The predicted molar refractivity (Wildman–Crippen MR) is 86.4 cm³/mol. The molecule has 21 heavy (non-hydrogen) atoms. The highest BCUT2D eigenvalue weighted by molar-refractivity contribution is 7.99.